The van der Waals surface area contributed by atoms with Gasteiger partial charge < -0.3 is 4.74 Å². The molecule has 0 spiro atoms. The van der Waals surface area contributed by atoms with E-state index in [-0.39, 0.29) is 5.91 Å². The van der Waals surface area contributed by atoms with Crippen molar-refractivity contribution in [2.45, 2.75) is 13.5 Å². The standard InChI is InChI=1S/C24H19NO2S2/c1-17-7-5-9-19(13-17)16-27-21-12-6-8-18(14-21)15-22-23(26)25(24(28)29-22)20-10-3-2-4-11-20/h2-15H,16H2,1H3. The van der Waals surface area contributed by atoms with Gasteiger partial charge in [-0.25, -0.2) is 0 Å². The van der Waals surface area contributed by atoms with Crippen LogP contribution in [0.2, 0.25) is 0 Å². The van der Waals surface area contributed by atoms with Gasteiger partial charge in [0.05, 0.1) is 10.6 Å². The van der Waals surface area contributed by atoms with Crippen molar-refractivity contribution < 1.29 is 9.53 Å². The van der Waals surface area contributed by atoms with E-state index in [1.165, 1.54) is 17.3 Å². The van der Waals surface area contributed by atoms with Crippen molar-refractivity contribution in [1.29, 1.82) is 0 Å². The first-order valence-electron chi connectivity index (χ1n) is 9.21. The molecule has 3 aromatic carbocycles. The number of thioether (sulfide) groups is 1. The number of nitrogens with zero attached hydrogens (tertiary/aromatic N) is 1. The van der Waals surface area contributed by atoms with E-state index in [0.717, 1.165) is 22.6 Å². The predicted octanol–water partition coefficient (Wildman–Crippen LogP) is 5.98. The number of carbonyl (C=O) groups excluding carboxylic acids is 1. The number of para-hydroxylation sites is 1. The minimum absolute atomic E-state index is 0.0997. The lowest BCUT2D eigenvalue weighted by atomic mass is 10.1. The molecule has 4 rings (SSSR count). The summed E-state index contributed by atoms with van der Waals surface area (Å²) in [4.78, 5) is 15.0. The van der Waals surface area contributed by atoms with E-state index in [1.807, 2.05) is 72.8 Å². The average molecular weight is 418 g/mol. The minimum Gasteiger partial charge on any atom is -0.489 e. The summed E-state index contributed by atoms with van der Waals surface area (Å²) in [6.07, 6.45) is 1.86. The molecule has 0 aromatic heterocycles. The molecule has 0 unspecified atom stereocenters. The molecule has 5 heteroatoms. The molecule has 1 saturated heterocycles. The van der Waals surface area contributed by atoms with Gasteiger partial charge in [0.2, 0.25) is 0 Å². The SMILES string of the molecule is Cc1cccc(COc2cccc(C=C3SC(=S)N(c4ccccc4)C3=O)c2)c1. The molecule has 0 saturated carbocycles. The van der Waals surface area contributed by atoms with E-state index < -0.39 is 0 Å². The summed E-state index contributed by atoms with van der Waals surface area (Å²) in [5, 5.41) is 0. The summed E-state index contributed by atoms with van der Waals surface area (Å²) in [5.41, 5.74) is 4.02. The van der Waals surface area contributed by atoms with Gasteiger partial charge in [-0.2, -0.15) is 0 Å². The maximum absolute atomic E-state index is 12.9. The Balaban J connectivity index is 1.50. The molecular weight excluding hydrogens is 398 g/mol. The van der Waals surface area contributed by atoms with E-state index in [2.05, 4.69) is 19.1 Å². The number of anilines is 1. The molecule has 1 aliphatic heterocycles. The normalized spacial score (nSPS) is 15.2. The van der Waals surface area contributed by atoms with Gasteiger partial charge in [0, 0.05) is 0 Å². The van der Waals surface area contributed by atoms with Crippen molar-refractivity contribution in [2.24, 2.45) is 0 Å². The first kappa shape index (κ1) is 19.4. The van der Waals surface area contributed by atoms with Gasteiger partial charge in [-0.15, -0.1) is 0 Å². The van der Waals surface area contributed by atoms with Crippen molar-refractivity contribution in [3.63, 3.8) is 0 Å². The Bertz CT molecular complexity index is 1090. The monoisotopic (exact) mass is 417 g/mol. The highest BCUT2D eigenvalue weighted by molar-refractivity contribution is 8.27. The Hall–Kier alpha value is -2.89. The molecule has 29 heavy (non-hydrogen) atoms. The lowest BCUT2D eigenvalue weighted by molar-refractivity contribution is -0.113. The quantitative estimate of drug-likeness (QED) is 0.377. The van der Waals surface area contributed by atoms with E-state index in [9.17, 15) is 4.79 Å². The summed E-state index contributed by atoms with van der Waals surface area (Å²) in [5.74, 6) is 0.663. The summed E-state index contributed by atoms with van der Waals surface area (Å²) in [6.45, 7) is 2.57. The second kappa shape index (κ2) is 8.64. The molecule has 0 bridgehead atoms. The lowest BCUT2D eigenvalue weighted by Crippen LogP contribution is -2.27. The summed E-state index contributed by atoms with van der Waals surface area (Å²) in [6, 6.07) is 25.5. The van der Waals surface area contributed by atoms with Gasteiger partial charge in [-0.05, 0) is 48.4 Å². The molecule has 3 aromatic rings. The topological polar surface area (TPSA) is 29.5 Å². The molecule has 1 heterocycles. The van der Waals surface area contributed by atoms with Crippen molar-refractivity contribution in [2.75, 3.05) is 4.90 Å². The molecule has 0 atom stereocenters. The zero-order valence-electron chi connectivity index (χ0n) is 15.9. The number of hydrogen-bond acceptors (Lipinski definition) is 4. The van der Waals surface area contributed by atoms with Crippen molar-refractivity contribution >= 4 is 46.0 Å². The van der Waals surface area contributed by atoms with Gasteiger partial charge in [-0.3, -0.25) is 9.69 Å². The molecule has 0 N–H and O–H groups in total. The Morgan fingerprint density at radius 2 is 1.79 bits per heavy atom. The second-order valence-electron chi connectivity index (χ2n) is 6.70. The number of rotatable bonds is 5. The van der Waals surface area contributed by atoms with Gasteiger partial charge in [0.15, 0.2) is 4.32 Å². The lowest BCUT2D eigenvalue weighted by Gasteiger charge is -2.13. The number of carbonyl (C=O) groups is 1. The third-order valence-corrected chi connectivity index (χ3v) is 5.75. The van der Waals surface area contributed by atoms with Crippen molar-refractivity contribution in [1.82, 2.24) is 0 Å². The highest BCUT2D eigenvalue weighted by Crippen LogP contribution is 2.36. The molecule has 1 aliphatic rings. The van der Waals surface area contributed by atoms with Crippen LogP contribution in [-0.4, -0.2) is 10.2 Å². The Labute approximate surface area is 180 Å². The second-order valence-corrected chi connectivity index (χ2v) is 8.38. The van der Waals surface area contributed by atoms with Gasteiger partial charge >= 0.3 is 0 Å². The summed E-state index contributed by atoms with van der Waals surface area (Å²) < 4.78 is 6.47. The van der Waals surface area contributed by atoms with Crippen LogP contribution in [0.25, 0.3) is 6.08 Å². The first-order valence-corrected chi connectivity index (χ1v) is 10.4. The number of amides is 1. The highest BCUT2D eigenvalue weighted by Gasteiger charge is 2.33. The van der Waals surface area contributed by atoms with E-state index in [1.54, 1.807) is 4.90 Å². The number of benzene rings is 3. The number of hydrogen-bond donors (Lipinski definition) is 0. The summed E-state index contributed by atoms with van der Waals surface area (Å²) >= 11 is 6.74. The maximum atomic E-state index is 12.9. The van der Waals surface area contributed by atoms with Crippen LogP contribution in [0.3, 0.4) is 0 Å². The van der Waals surface area contributed by atoms with E-state index >= 15 is 0 Å². The Morgan fingerprint density at radius 3 is 2.59 bits per heavy atom. The number of ether oxygens (including phenoxy) is 1. The van der Waals surface area contributed by atoms with Crippen LogP contribution < -0.4 is 9.64 Å². The molecule has 3 nitrogen and oxygen atoms in total. The van der Waals surface area contributed by atoms with E-state index in [4.69, 9.17) is 17.0 Å². The molecule has 144 valence electrons. The maximum Gasteiger partial charge on any atom is 0.270 e. The fourth-order valence-corrected chi connectivity index (χ4v) is 4.38. The van der Waals surface area contributed by atoms with Crippen LogP contribution >= 0.6 is 24.0 Å². The van der Waals surface area contributed by atoms with Crippen LogP contribution in [-0.2, 0) is 11.4 Å². The number of thiocarbonyl (C=S) groups is 1. The van der Waals surface area contributed by atoms with Crippen molar-refractivity contribution in [3.8, 4) is 5.75 Å². The smallest absolute Gasteiger partial charge is 0.270 e. The Morgan fingerprint density at radius 1 is 1.00 bits per heavy atom. The molecule has 0 radical (unpaired) electrons. The van der Waals surface area contributed by atoms with Crippen LogP contribution in [0, 0.1) is 6.92 Å². The van der Waals surface area contributed by atoms with Crippen LogP contribution in [0.1, 0.15) is 16.7 Å². The average Bonchev–Trinajstić information content (AvgIpc) is 3.00. The molecule has 0 aliphatic carbocycles. The third kappa shape index (κ3) is 4.58. The zero-order valence-corrected chi connectivity index (χ0v) is 17.5. The van der Waals surface area contributed by atoms with Crippen LogP contribution in [0.5, 0.6) is 5.75 Å². The van der Waals surface area contributed by atoms with Crippen LogP contribution in [0.4, 0.5) is 5.69 Å². The van der Waals surface area contributed by atoms with Gasteiger partial charge in [0.1, 0.15) is 12.4 Å². The predicted molar refractivity (Wildman–Crippen MR) is 124 cm³/mol. The Kier molecular flexibility index (Phi) is 5.79. The third-order valence-electron chi connectivity index (χ3n) is 4.45. The molecule has 1 amide bonds. The fourth-order valence-electron chi connectivity index (χ4n) is 3.08. The van der Waals surface area contributed by atoms with Crippen molar-refractivity contribution in [3.05, 3.63) is 100 Å². The highest BCUT2D eigenvalue weighted by atomic mass is 32.2. The van der Waals surface area contributed by atoms with E-state index in [0.29, 0.717) is 15.8 Å². The summed E-state index contributed by atoms with van der Waals surface area (Å²) in [7, 11) is 0. The largest absolute Gasteiger partial charge is 0.489 e. The minimum atomic E-state index is -0.0997. The molecule has 1 fully saturated rings. The fraction of sp³-hybridized carbons (Fsp3) is 0.0833. The van der Waals surface area contributed by atoms with Gasteiger partial charge in [0.25, 0.3) is 5.91 Å². The van der Waals surface area contributed by atoms with Crippen LogP contribution in [0.15, 0.2) is 83.8 Å². The molecular formula is C24H19NO2S2. The first-order chi connectivity index (χ1) is 14.1. The number of aryl methyl sites for hydroxylation is 1. The zero-order chi connectivity index (χ0) is 20.2. The van der Waals surface area contributed by atoms with Gasteiger partial charge in [-0.1, -0.05) is 84.1 Å².